The maximum Gasteiger partial charge on any atom is 0.203 e. The molecule has 1 saturated heterocycles. The number of nitrogens with one attached hydrogen (secondary N) is 1. The summed E-state index contributed by atoms with van der Waals surface area (Å²) >= 11 is 0. The summed E-state index contributed by atoms with van der Waals surface area (Å²) in [5, 5.41) is 0. The molecule has 1 aliphatic heterocycles. The Morgan fingerprint density at radius 2 is 2.24 bits per heavy atom. The molecule has 1 aromatic heterocycles. The number of benzene rings is 1. The number of nitrogens with two attached hydrogens (primary N) is 1. The molecule has 0 radical (unpaired) electrons. The maximum absolute atomic E-state index is 6.04. The maximum atomic E-state index is 6.04. The number of anilines is 1. The third-order valence-electron chi connectivity index (χ3n) is 3.65. The smallest absolute Gasteiger partial charge is 0.203 e. The van der Waals surface area contributed by atoms with Gasteiger partial charge < -0.3 is 15.6 Å². The fourth-order valence-corrected chi connectivity index (χ4v) is 2.45. The molecule has 0 saturated carbocycles. The molecule has 2 atom stereocenters. The van der Waals surface area contributed by atoms with Gasteiger partial charge in [-0.1, -0.05) is 19.1 Å². The molecule has 2 unspecified atom stereocenters. The second kappa shape index (κ2) is 4.04. The number of H-pyrrole nitrogens is 1. The molecule has 3 N–H and O–H groups in total. The largest absolute Gasteiger partial charge is 0.342 e. The van der Waals surface area contributed by atoms with E-state index in [9.17, 15) is 0 Å². The minimum absolute atomic E-state index is 0.329. The van der Waals surface area contributed by atoms with E-state index in [2.05, 4.69) is 27.9 Å². The molecular formula is C13H18N4. The first-order chi connectivity index (χ1) is 8.24. The van der Waals surface area contributed by atoms with Crippen molar-refractivity contribution in [1.82, 2.24) is 9.97 Å². The van der Waals surface area contributed by atoms with Crippen LogP contribution in [0.1, 0.15) is 13.3 Å². The second-order valence-corrected chi connectivity index (χ2v) is 4.95. The summed E-state index contributed by atoms with van der Waals surface area (Å²) in [5.41, 5.74) is 8.17. The molecule has 3 rings (SSSR count). The van der Waals surface area contributed by atoms with E-state index in [4.69, 9.17) is 5.73 Å². The monoisotopic (exact) mass is 230 g/mol. The first kappa shape index (κ1) is 10.6. The summed E-state index contributed by atoms with van der Waals surface area (Å²) in [4.78, 5) is 10.3. The van der Waals surface area contributed by atoms with Gasteiger partial charge >= 0.3 is 0 Å². The number of rotatable bonds is 1. The van der Waals surface area contributed by atoms with Crippen LogP contribution in [0.2, 0.25) is 0 Å². The zero-order chi connectivity index (χ0) is 11.8. The highest BCUT2D eigenvalue weighted by Crippen LogP contribution is 2.22. The molecule has 4 heteroatoms. The zero-order valence-corrected chi connectivity index (χ0v) is 10.1. The normalized spacial score (nSPS) is 25.4. The van der Waals surface area contributed by atoms with E-state index < -0.39 is 0 Å². The third kappa shape index (κ3) is 1.89. The second-order valence-electron chi connectivity index (χ2n) is 4.95. The Hall–Kier alpha value is -1.55. The number of nitrogens with zero attached hydrogens (tertiary/aromatic N) is 2. The van der Waals surface area contributed by atoms with Crippen LogP contribution in [0, 0.1) is 5.92 Å². The van der Waals surface area contributed by atoms with Crippen LogP contribution in [0.15, 0.2) is 24.3 Å². The lowest BCUT2D eigenvalue weighted by Gasteiger charge is -2.34. The van der Waals surface area contributed by atoms with Crippen molar-refractivity contribution in [3.05, 3.63) is 24.3 Å². The lowest BCUT2D eigenvalue weighted by atomic mass is 9.95. The average Bonchev–Trinajstić information content (AvgIpc) is 2.76. The fraction of sp³-hybridized carbons (Fsp3) is 0.462. The molecule has 1 fully saturated rings. The van der Waals surface area contributed by atoms with Crippen molar-refractivity contribution >= 4 is 17.0 Å². The van der Waals surface area contributed by atoms with E-state index in [1.165, 1.54) is 0 Å². The lowest BCUT2D eigenvalue weighted by Crippen LogP contribution is -2.46. The van der Waals surface area contributed by atoms with Gasteiger partial charge in [0.25, 0.3) is 0 Å². The molecule has 90 valence electrons. The molecule has 4 nitrogen and oxygen atoms in total. The van der Waals surface area contributed by atoms with Gasteiger partial charge in [0.05, 0.1) is 11.0 Å². The van der Waals surface area contributed by atoms with Gasteiger partial charge in [0, 0.05) is 19.1 Å². The Morgan fingerprint density at radius 3 is 3.00 bits per heavy atom. The Labute approximate surface area is 101 Å². The molecular weight excluding hydrogens is 212 g/mol. The van der Waals surface area contributed by atoms with Crippen LogP contribution in [-0.4, -0.2) is 29.1 Å². The number of hydrogen-bond donors (Lipinski definition) is 2. The van der Waals surface area contributed by atoms with E-state index in [-0.39, 0.29) is 0 Å². The SMILES string of the molecule is CC1CN(c2nc3ccccc3[nH]2)CCC1N. The van der Waals surface area contributed by atoms with E-state index in [1.54, 1.807) is 0 Å². The first-order valence-electron chi connectivity index (χ1n) is 6.19. The van der Waals surface area contributed by atoms with Crippen LogP contribution in [0.4, 0.5) is 5.95 Å². The van der Waals surface area contributed by atoms with Crippen molar-refractivity contribution in [1.29, 1.82) is 0 Å². The van der Waals surface area contributed by atoms with Crippen LogP contribution < -0.4 is 10.6 Å². The van der Waals surface area contributed by atoms with Crippen molar-refractivity contribution in [2.75, 3.05) is 18.0 Å². The standard InChI is InChI=1S/C13H18N4/c1-9-8-17(7-6-10(9)14)13-15-11-4-2-3-5-12(11)16-13/h2-5,9-10H,6-8,14H2,1H3,(H,15,16). The van der Waals surface area contributed by atoms with E-state index in [0.29, 0.717) is 12.0 Å². The van der Waals surface area contributed by atoms with Gasteiger partial charge in [-0.2, -0.15) is 0 Å². The van der Waals surface area contributed by atoms with Gasteiger partial charge in [-0.15, -0.1) is 0 Å². The molecule has 1 aromatic carbocycles. The molecule has 1 aliphatic rings. The Balaban J connectivity index is 1.88. The van der Waals surface area contributed by atoms with E-state index in [1.807, 2.05) is 18.2 Å². The molecule has 17 heavy (non-hydrogen) atoms. The van der Waals surface area contributed by atoms with Gasteiger partial charge in [0.15, 0.2) is 0 Å². The predicted molar refractivity (Wildman–Crippen MR) is 70.1 cm³/mol. The summed E-state index contributed by atoms with van der Waals surface area (Å²) < 4.78 is 0. The van der Waals surface area contributed by atoms with Crippen LogP contribution in [-0.2, 0) is 0 Å². The average molecular weight is 230 g/mol. The number of aromatic nitrogens is 2. The molecule has 0 aliphatic carbocycles. The Morgan fingerprint density at radius 1 is 1.41 bits per heavy atom. The number of piperidine rings is 1. The fourth-order valence-electron chi connectivity index (χ4n) is 2.45. The Bertz CT molecular complexity index is 486. The predicted octanol–water partition coefficient (Wildman–Crippen LogP) is 1.74. The van der Waals surface area contributed by atoms with Crippen molar-refractivity contribution in [2.24, 2.45) is 11.7 Å². The highest BCUT2D eigenvalue weighted by atomic mass is 15.3. The van der Waals surface area contributed by atoms with Crippen LogP contribution in [0.25, 0.3) is 11.0 Å². The number of imidazole rings is 1. The number of aromatic amines is 1. The van der Waals surface area contributed by atoms with Crippen molar-refractivity contribution in [2.45, 2.75) is 19.4 Å². The number of hydrogen-bond acceptors (Lipinski definition) is 3. The molecule has 0 amide bonds. The Kier molecular flexibility index (Phi) is 2.52. The highest BCUT2D eigenvalue weighted by molar-refractivity contribution is 5.77. The van der Waals surface area contributed by atoms with E-state index in [0.717, 1.165) is 36.5 Å². The summed E-state index contributed by atoms with van der Waals surface area (Å²) in [5.74, 6) is 1.50. The topological polar surface area (TPSA) is 57.9 Å². The lowest BCUT2D eigenvalue weighted by molar-refractivity contribution is 0.380. The van der Waals surface area contributed by atoms with Gasteiger partial charge in [-0.05, 0) is 24.5 Å². The summed E-state index contributed by atoms with van der Waals surface area (Å²) in [6.45, 7) is 4.19. The van der Waals surface area contributed by atoms with Gasteiger partial charge in [0.1, 0.15) is 0 Å². The summed E-state index contributed by atoms with van der Waals surface area (Å²) in [7, 11) is 0. The summed E-state index contributed by atoms with van der Waals surface area (Å²) in [6.07, 6.45) is 1.04. The molecule has 0 bridgehead atoms. The number of fused-ring (bicyclic) bond motifs is 1. The van der Waals surface area contributed by atoms with Crippen LogP contribution in [0.3, 0.4) is 0 Å². The number of para-hydroxylation sites is 2. The van der Waals surface area contributed by atoms with Gasteiger partial charge in [-0.3, -0.25) is 0 Å². The van der Waals surface area contributed by atoms with Crippen LogP contribution in [0.5, 0.6) is 0 Å². The van der Waals surface area contributed by atoms with Gasteiger partial charge in [0.2, 0.25) is 5.95 Å². The first-order valence-corrected chi connectivity index (χ1v) is 6.19. The molecule has 2 aromatic rings. The molecule has 2 heterocycles. The van der Waals surface area contributed by atoms with E-state index >= 15 is 0 Å². The van der Waals surface area contributed by atoms with Crippen molar-refractivity contribution in [3.63, 3.8) is 0 Å². The minimum Gasteiger partial charge on any atom is -0.342 e. The quantitative estimate of drug-likeness (QED) is 0.784. The zero-order valence-electron chi connectivity index (χ0n) is 10.1. The van der Waals surface area contributed by atoms with Gasteiger partial charge in [-0.25, -0.2) is 4.98 Å². The van der Waals surface area contributed by atoms with Crippen molar-refractivity contribution < 1.29 is 0 Å². The van der Waals surface area contributed by atoms with Crippen LogP contribution >= 0.6 is 0 Å². The third-order valence-corrected chi connectivity index (χ3v) is 3.65. The molecule has 0 spiro atoms. The van der Waals surface area contributed by atoms with Crippen molar-refractivity contribution in [3.8, 4) is 0 Å². The minimum atomic E-state index is 0.329. The summed E-state index contributed by atoms with van der Waals surface area (Å²) in [6, 6.07) is 8.47. The highest BCUT2D eigenvalue weighted by Gasteiger charge is 2.24.